The molecule has 0 unspecified atom stereocenters. The van der Waals surface area contributed by atoms with Gasteiger partial charge < -0.3 is 10.1 Å². The van der Waals surface area contributed by atoms with E-state index in [-0.39, 0.29) is 0 Å². The molecule has 0 radical (unpaired) electrons. The Morgan fingerprint density at radius 2 is 2.21 bits per heavy atom. The third-order valence-electron chi connectivity index (χ3n) is 3.81. The summed E-state index contributed by atoms with van der Waals surface area (Å²) in [4.78, 5) is 4.84. The first-order chi connectivity index (χ1) is 9.33. The number of halogens is 1. The van der Waals surface area contributed by atoms with Gasteiger partial charge in [-0.3, -0.25) is 4.98 Å². The SMILES string of the molecule is Brc1cccc2c(NC3CC3)c3c(nc12)CCOC3. The lowest BCUT2D eigenvalue weighted by atomic mass is 10.0. The number of aromatic nitrogens is 1. The first kappa shape index (κ1) is 11.7. The number of fused-ring (bicyclic) bond motifs is 2. The molecular weight excluding hydrogens is 304 g/mol. The van der Waals surface area contributed by atoms with E-state index in [1.165, 1.54) is 35.2 Å². The van der Waals surface area contributed by atoms with Gasteiger partial charge in [-0.1, -0.05) is 12.1 Å². The van der Waals surface area contributed by atoms with Crippen LogP contribution in [0.4, 0.5) is 5.69 Å². The van der Waals surface area contributed by atoms with Crippen LogP contribution in [-0.2, 0) is 17.8 Å². The highest BCUT2D eigenvalue weighted by Gasteiger charge is 2.26. The van der Waals surface area contributed by atoms with Crippen LogP contribution in [0, 0.1) is 0 Å². The van der Waals surface area contributed by atoms with Crippen LogP contribution < -0.4 is 5.32 Å². The lowest BCUT2D eigenvalue weighted by Gasteiger charge is -2.22. The van der Waals surface area contributed by atoms with Crippen molar-refractivity contribution >= 4 is 32.5 Å². The molecule has 0 atom stereocenters. The Hall–Kier alpha value is -1.13. The third kappa shape index (κ3) is 2.03. The fourth-order valence-corrected chi connectivity index (χ4v) is 3.10. The number of hydrogen-bond donors (Lipinski definition) is 1. The second kappa shape index (κ2) is 4.46. The summed E-state index contributed by atoms with van der Waals surface area (Å²) in [6.45, 7) is 1.46. The lowest BCUT2D eigenvalue weighted by Crippen LogP contribution is -2.16. The molecule has 2 aromatic rings. The van der Waals surface area contributed by atoms with Crippen LogP contribution in [0.3, 0.4) is 0 Å². The lowest BCUT2D eigenvalue weighted by molar-refractivity contribution is 0.110. The fourth-order valence-electron chi connectivity index (χ4n) is 2.64. The molecule has 0 bridgehead atoms. The maximum atomic E-state index is 5.63. The Bertz CT molecular complexity index is 652. The minimum absolute atomic E-state index is 0.635. The summed E-state index contributed by atoms with van der Waals surface area (Å²) in [7, 11) is 0. The van der Waals surface area contributed by atoms with Crippen LogP contribution in [0.15, 0.2) is 22.7 Å². The van der Waals surface area contributed by atoms with Crippen molar-refractivity contribution in [2.24, 2.45) is 0 Å². The molecule has 2 heterocycles. The summed E-state index contributed by atoms with van der Waals surface area (Å²) in [5, 5.41) is 4.87. The average Bonchev–Trinajstić information content (AvgIpc) is 3.24. The van der Waals surface area contributed by atoms with Crippen molar-refractivity contribution in [2.45, 2.75) is 31.9 Å². The summed E-state index contributed by atoms with van der Waals surface area (Å²) in [5.74, 6) is 0. The van der Waals surface area contributed by atoms with Crippen molar-refractivity contribution in [3.63, 3.8) is 0 Å². The largest absolute Gasteiger partial charge is 0.381 e. The molecule has 2 aliphatic rings. The second-order valence-electron chi connectivity index (χ2n) is 5.27. The van der Waals surface area contributed by atoms with Crippen LogP contribution in [0.1, 0.15) is 24.1 Å². The van der Waals surface area contributed by atoms with Crippen molar-refractivity contribution < 1.29 is 4.74 Å². The second-order valence-corrected chi connectivity index (χ2v) is 6.12. The van der Waals surface area contributed by atoms with Crippen LogP contribution in [-0.4, -0.2) is 17.6 Å². The number of hydrogen-bond acceptors (Lipinski definition) is 3. The van der Waals surface area contributed by atoms with E-state index in [1.54, 1.807) is 0 Å². The molecule has 1 aromatic carbocycles. The van der Waals surface area contributed by atoms with Gasteiger partial charge in [0.1, 0.15) is 0 Å². The molecule has 4 rings (SSSR count). The minimum atomic E-state index is 0.635. The van der Waals surface area contributed by atoms with Gasteiger partial charge in [-0.05, 0) is 34.8 Å². The molecule has 19 heavy (non-hydrogen) atoms. The van der Waals surface area contributed by atoms with Gasteiger partial charge in [0.15, 0.2) is 0 Å². The standard InChI is InChI=1S/C15H15BrN2O/c16-12-3-1-2-10-14(17-9-4-5-9)11-8-19-7-6-13(11)18-15(10)12/h1-3,9H,4-8H2,(H,17,18). The molecule has 1 aliphatic carbocycles. The maximum absolute atomic E-state index is 5.63. The Balaban J connectivity index is 1.99. The van der Waals surface area contributed by atoms with Gasteiger partial charge in [0.05, 0.1) is 30.1 Å². The van der Waals surface area contributed by atoms with Gasteiger partial charge in [0.2, 0.25) is 0 Å². The van der Waals surface area contributed by atoms with Crippen molar-refractivity contribution in [1.82, 2.24) is 4.98 Å². The number of rotatable bonds is 2. The first-order valence-electron chi connectivity index (χ1n) is 6.77. The minimum Gasteiger partial charge on any atom is -0.381 e. The number of nitrogens with zero attached hydrogens (tertiary/aromatic N) is 1. The predicted octanol–water partition coefficient (Wildman–Crippen LogP) is 3.64. The number of pyridine rings is 1. The Labute approximate surface area is 120 Å². The van der Waals surface area contributed by atoms with Crippen molar-refractivity contribution in [1.29, 1.82) is 0 Å². The quantitative estimate of drug-likeness (QED) is 0.917. The van der Waals surface area contributed by atoms with E-state index in [1.807, 2.05) is 0 Å². The normalized spacial score (nSPS) is 18.4. The van der Waals surface area contributed by atoms with Gasteiger partial charge in [-0.15, -0.1) is 0 Å². The zero-order valence-corrected chi connectivity index (χ0v) is 12.2. The zero-order chi connectivity index (χ0) is 12.8. The van der Waals surface area contributed by atoms with E-state index in [2.05, 4.69) is 39.4 Å². The topological polar surface area (TPSA) is 34.2 Å². The van der Waals surface area contributed by atoms with Crippen LogP contribution >= 0.6 is 15.9 Å². The highest BCUT2D eigenvalue weighted by molar-refractivity contribution is 9.10. The fraction of sp³-hybridized carbons (Fsp3) is 0.400. The van der Waals surface area contributed by atoms with Crippen LogP contribution in [0.2, 0.25) is 0 Å². The Kier molecular flexibility index (Phi) is 2.74. The molecule has 0 amide bonds. The van der Waals surface area contributed by atoms with E-state index in [0.717, 1.165) is 23.0 Å². The van der Waals surface area contributed by atoms with Gasteiger partial charge in [-0.2, -0.15) is 0 Å². The summed E-state index contributed by atoms with van der Waals surface area (Å²) >= 11 is 3.62. The number of para-hydroxylation sites is 1. The molecule has 98 valence electrons. The Morgan fingerprint density at radius 1 is 1.32 bits per heavy atom. The molecule has 1 N–H and O–H groups in total. The van der Waals surface area contributed by atoms with Gasteiger partial charge in [0, 0.05) is 27.9 Å². The first-order valence-corrected chi connectivity index (χ1v) is 7.56. The van der Waals surface area contributed by atoms with E-state index >= 15 is 0 Å². The molecule has 1 fully saturated rings. The average molecular weight is 319 g/mol. The van der Waals surface area contributed by atoms with Gasteiger partial charge in [0.25, 0.3) is 0 Å². The molecular formula is C15H15BrN2O. The van der Waals surface area contributed by atoms with Crippen molar-refractivity contribution in [2.75, 3.05) is 11.9 Å². The molecule has 1 aliphatic heterocycles. The maximum Gasteiger partial charge on any atom is 0.0868 e. The smallest absolute Gasteiger partial charge is 0.0868 e. The van der Waals surface area contributed by atoms with Gasteiger partial charge >= 0.3 is 0 Å². The molecule has 1 aromatic heterocycles. The molecule has 0 spiro atoms. The highest BCUT2D eigenvalue weighted by atomic mass is 79.9. The monoisotopic (exact) mass is 318 g/mol. The number of nitrogens with one attached hydrogen (secondary N) is 1. The highest BCUT2D eigenvalue weighted by Crippen LogP contribution is 2.37. The molecule has 4 heteroatoms. The van der Waals surface area contributed by atoms with E-state index in [0.29, 0.717) is 12.6 Å². The third-order valence-corrected chi connectivity index (χ3v) is 4.45. The number of anilines is 1. The van der Waals surface area contributed by atoms with Crippen LogP contribution in [0.5, 0.6) is 0 Å². The zero-order valence-electron chi connectivity index (χ0n) is 10.6. The number of ether oxygens (including phenoxy) is 1. The number of benzene rings is 1. The van der Waals surface area contributed by atoms with E-state index in [4.69, 9.17) is 9.72 Å². The van der Waals surface area contributed by atoms with Crippen molar-refractivity contribution in [3.05, 3.63) is 33.9 Å². The van der Waals surface area contributed by atoms with E-state index < -0.39 is 0 Å². The van der Waals surface area contributed by atoms with E-state index in [9.17, 15) is 0 Å². The van der Waals surface area contributed by atoms with Gasteiger partial charge in [-0.25, -0.2) is 0 Å². The summed E-state index contributed by atoms with van der Waals surface area (Å²) in [5.41, 5.74) is 4.74. The summed E-state index contributed by atoms with van der Waals surface area (Å²) < 4.78 is 6.69. The molecule has 1 saturated carbocycles. The summed E-state index contributed by atoms with van der Waals surface area (Å²) in [6.07, 6.45) is 3.45. The summed E-state index contributed by atoms with van der Waals surface area (Å²) in [6, 6.07) is 6.91. The Morgan fingerprint density at radius 3 is 3.05 bits per heavy atom. The van der Waals surface area contributed by atoms with Crippen LogP contribution in [0.25, 0.3) is 10.9 Å². The predicted molar refractivity (Wildman–Crippen MR) is 79.4 cm³/mol. The molecule has 0 saturated heterocycles. The van der Waals surface area contributed by atoms with Crippen molar-refractivity contribution in [3.8, 4) is 0 Å². The molecule has 3 nitrogen and oxygen atoms in total.